The van der Waals surface area contributed by atoms with E-state index in [1.807, 2.05) is 60.9 Å². The molecule has 2 atom stereocenters. The summed E-state index contributed by atoms with van der Waals surface area (Å²) in [4.78, 5) is 29.0. The number of hydrogen-bond donors (Lipinski definition) is 2. The van der Waals surface area contributed by atoms with Crippen LogP contribution in [0.4, 0.5) is 0 Å². The van der Waals surface area contributed by atoms with E-state index in [1.54, 1.807) is 9.36 Å². The SMILES string of the molecule is CN1Cc2c(Cl)cc(Cl)cc2[C@H](c2cccc(-c3cn(CCOCCOCCNC(=O)CCC(=O)NCCOCCOCCn4cc(-c5cccc([C@@H]6CN(C)Cc7c(Cl)cc(Cl)cc76)c5)nn4)nn3)c2)C1. The Morgan fingerprint density at radius 2 is 0.986 bits per heavy atom. The Bertz CT molecular complexity index is 2590. The second kappa shape index (κ2) is 26.3. The van der Waals surface area contributed by atoms with Crippen LogP contribution in [-0.4, -0.2) is 145 Å². The lowest BCUT2D eigenvalue weighted by Gasteiger charge is -2.33. The van der Waals surface area contributed by atoms with Crippen LogP contribution in [0, 0.1) is 0 Å². The van der Waals surface area contributed by atoms with Crippen LogP contribution in [0.5, 0.6) is 0 Å². The number of benzene rings is 4. The lowest BCUT2D eigenvalue weighted by molar-refractivity contribution is -0.126. The van der Waals surface area contributed by atoms with Crippen molar-refractivity contribution in [2.24, 2.45) is 0 Å². The minimum atomic E-state index is -0.220. The average Bonchev–Trinajstić information content (AvgIpc) is 4.05. The van der Waals surface area contributed by atoms with Crippen LogP contribution < -0.4 is 10.6 Å². The Morgan fingerprint density at radius 1 is 0.569 bits per heavy atom. The molecule has 4 aromatic carbocycles. The molecular weight excluding hydrogens is 1000 g/mol. The largest absolute Gasteiger partial charge is 0.377 e. The molecule has 8 rings (SSSR count). The van der Waals surface area contributed by atoms with Gasteiger partial charge in [-0.05, 0) is 83.9 Å². The zero-order valence-electron chi connectivity index (χ0n) is 40.5. The maximum Gasteiger partial charge on any atom is 0.220 e. The maximum absolute atomic E-state index is 12.3. The minimum Gasteiger partial charge on any atom is -0.377 e. The number of likely N-dealkylation sites (N-methyl/N-ethyl adjacent to an activating group) is 2. The molecule has 0 spiro atoms. The Hall–Kier alpha value is -4.98. The first-order valence-corrected chi connectivity index (χ1v) is 25.7. The van der Waals surface area contributed by atoms with E-state index >= 15 is 0 Å². The molecule has 2 amide bonds. The topological polar surface area (TPSA) is 163 Å². The standard InChI is InChI=1S/C52H60Cl4N10O6/c1-63-29-43(41-25-39(53)27-47(55)45(41)31-63)35-5-3-7-37(23-35)49-33-65(61-59-49)13-17-71-21-19-69-15-11-57-51(67)9-10-52(68)58-12-16-70-20-22-72-18-14-66-34-50(60-62-66)38-8-4-6-36(24-38)44-30-64(2)32-46-42(44)26-40(54)28-48(46)56/h3-8,23-28,33-34,43-44H,9-22,29-32H2,1-2H3,(H,57,67)(H,58,68)/t43-,44-/m0/s1. The third-order valence-electron chi connectivity index (χ3n) is 12.6. The van der Waals surface area contributed by atoms with E-state index in [4.69, 9.17) is 65.4 Å². The molecule has 6 aromatic rings. The molecule has 0 unspecified atom stereocenters. The highest BCUT2D eigenvalue weighted by atomic mass is 35.5. The molecule has 2 N–H and O–H groups in total. The van der Waals surface area contributed by atoms with Crippen molar-refractivity contribution in [3.63, 3.8) is 0 Å². The fourth-order valence-electron chi connectivity index (χ4n) is 9.06. The zero-order chi connectivity index (χ0) is 50.4. The molecule has 2 aromatic heterocycles. The van der Waals surface area contributed by atoms with Gasteiger partial charge in [0.25, 0.3) is 0 Å². The number of carbonyl (C=O) groups excluding carboxylic acids is 2. The predicted molar refractivity (Wildman–Crippen MR) is 279 cm³/mol. The van der Waals surface area contributed by atoms with Gasteiger partial charge in [0.15, 0.2) is 0 Å². The number of aromatic nitrogens is 6. The van der Waals surface area contributed by atoms with Gasteiger partial charge in [0, 0.05) is 95.2 Å². The number of fused-ring (bicyclic) bond motifs is 2. The monoisotopic (exact) mass is 1060 g/mol. The molecule has 4 heterocycles. The van der Waals surface area contributed by atoms with Gasteiger partial charge >= 0.3 is 0 Å². The first-order valence-electron chi connectivity index (χ1n) is 24.2. The number of rotatable bonds is 25. The van der Waals surface area contributed by atoms with Gasteiger partial charge in [0.1, 0.15) is 11.4 Å². The molecule has 20 heteroatoms. The van der Waals surface area contributed by atoms with Crippen LogP contribution in [0.15, 0.2) is 85.2 Å². The van der Waals surface area contributed by atoms with Gasteiger partial charge in [-0.15, -0.1) is 10.2 Å². The van der Waals surface area contributed by atoms with Crippen molar-refractivity contribution >= 4 is 58.2 Å². The summed E-state index contributed by atoms with van der Waals surface area (Å²) in [5.41, 5.74) is 10.4. The van der Waals surface area contributed by atoms with Crippen molar-refractivity contribution in [2.45, 2.75) is 50.9 Å². The first-order chi connectivity index (χ1) is 35.0. The highest BCUT2D eigenvalue weighted by Gasteiger charge is 2.29. The Balaban J connectivity index is 0.616. The van der Waals surface area contributed by atoms with Crippen LogP contribution in [-0.2, 0) is 54.7 Å². The van der Waals surface area contributed by atoms with Crippen molar-refractivity contribution < 1.29 is 28.5 Å². The summed E-state index contributed by atoms with van der Waals surface area (Å²) in [6.07, 6.45) is 3.99. The Morgan fingerprint density at radius 3 is 1.42 bits per heavy atom. The van der Waals surface area contributed by atoms with Gasteiger partial charge < -0.3 is 39.4 Å². The summed E-state index contributed by atoms with van der Waals surface area (Å²) in [6.45, 7) is 8.09. The fourth-order valence-corrected chi connectivity index (χ4v) is 10.2. The van der Waals surface area contributed by atoms with Gasteiger partial charge in [-0.2, -0.15) is 0 Å². The van der Waals surface area contributed by atoms with Gasteiger partial charge in [-0.3, -0.25) is 9.59 Å². The number of hydrogen-bond acceptors (Lipinski definition) is 12. The van der Waals surface area contributed by atoms with Crippen molar-refractivity contribution in [2.75, 3.05) is 93.1 Å². The number of amides is 2. The van der Waals surface area contributed by atoms with Crippen molar-refractivity contribution in [1.29, 1.82) is 0 Å². The predicted octanol–water partition coefficient (Wildman–Crippen LogP) is 7.75. The summed E-state index contributed by atoms with van der Waals surface area (Å²) >= 11 is 26.0. The smallest absolute Gasteiger partial charge is 0.220 e. The third-order valence-corrected chi connectivity index (χ3v) is 13.7. The number of halogens is 4. The molecule has 0 bridgehead atoms. The summed E-state index contributed by atoms with van der Waals surface area (Å²) < 4.78 is 26.2. The molecule has 0 saturated carbocycles. The van der Waals surface area contributed by atoms with Crippen LogP contribution in [0.3, 0.4) is 0 Å². The number of ether oxygens (including phenoxy) is 4. The van der Waals surface area contributed by atoms with Gasteiger partial charge in [0.2, 0.25) is 11.8 Å². The first kappa shape index (κ1) is 53.3. The van der Waals surface area contributed by atoms with E-state index in [-0.39, 0.29) is 36.5 Å². The number of carbonyl (C=O) groups is 2. The maximum atomic E-state index is 12.3. The molecular formula is C52H60Cl4N10O6. The van der Waals surface area contributed by atoms with Crippen LogP contribution in [0.1, 0.15) is 58.1 Å². The molecule has 382 valence electrons. The molecule has 2 aliphatic heterocycles. The second-order valence-corrected chi connectivity index (χ2v) is 19.7. The van der Waals surface area contributed by atoms with E-state index < -0.39 is 0 Å². The van der Waals surface area contributed by atoms with Crippen LogP contribution >= 0.6 is 46.4 Å². The molecule has 16 nitrogen and oxygen atoms in total. The zero-order valence-corrected chi connectivity index (χ0v) is 43.5. The van der Waals surface area contributed by atoms with Crippen molar-refractivity contribution in [3.8, 4) is 22.5 Å². The van der Waals surface area contributed by atoms with E-state index in [0.717, 1.165) is 82.1 Å². The number of nitrogens with one attached hydrogen (secondary N) is 2. The van der Waals surface area contributed by atoms with E-state index in [2.05, 4.69) is 79.4 Å². The second-order valence-electron chi connectivity index (χ2n) is 18.0. The van der Waals surface area contributed by atoms with Gasteiger partial charge in [-0.1, -0.05) is 93.2 Å². The Kier molecular flexibility index (Phi) is 19.5. The molecule has 0 radical (unpaired) electrons. The molecule has 0 fully saturated rings. The summed E-state index contributed by atoms with van der Waals surface area (Å²) in [5, 5.41) is 25.6. The molecule has 2 aliphatic rings. The summed E-state index contributed by atoms with van der Waals surface area (Å²) in [6, 6.07) is 24.4. The van der Waals surface area contributed by atoms with Crippen LogP contribution in [0.25, 0.3) is 22.5 Å². The summed E-state index contributed by atoms with van der Waals surface area (Å²) in [5.74, 6) is -0.185. The molecule has 72 heavy (non-hydrogen) atoms. The van der Waals surface area contributed by atoms with Crippen molar-refractivity contribution in [1.82, 2.24) is 50.4 Å². The quantitative estimate of drug-likeness (QED) is 0.0537. The van der Waals surface area contributed by atoms with E-state index in [0.29, 0.717) is 99.1 Å². The highest BCUT2D eigenvalue weighted by Crippen LogP contribution is 2.41. The normalized spacial score (nSPS) is 15.9. The van der Waals surface area contributed by atoms with E-state index in [1.165, 1.54) is 0 Å². The lowest BCUT2D eigenvalue weighted by Crippen LogP contribution is -2.31. The Labute approximate surface area is 440 Å². The molecule has 0 aliphatic carbocycles. The summed E-state index contributed by atoms with van der Waals surface area (Å²) in [7, 11) is 4.20. The van der Waals surface area contributed by atoms with Crippen molar-refractivity contribution in [3.05, 3.63) is 139 Å². The molecule has 0 saturated heterocycles. The van der Waals surface area contributed by atoms with Gasteiger partial charge in [-0.25, -0.2) is 9.36 Å². The highest BCUT2D eigenvalue weighted by molar-refractivity contribution is 6.35. The number of nitrogens with zero attached hydrogens (tertiary/aromatic N) is 8. The van der Waals surface area contributed by atoms with Gasteiger partial charge in [0.05, 0.1) is 78.3 Å². The van der Waals surface area contributed by atoms with E-state index in [9.17, 15) is 9.59 Å². The lowest BCUT2D eigenvalue weighted by atomic mass is 9.84. The van der Waals surface area contributed by atoms with Crippen LogP contribution in [0.2, 0.25) is 20.1 Å². The minimum absolute atomic E-state index is 0.0781. The average molecular weight is 1060 g/mol. The fraction of sp³-hybridized carbons (Fsp3) is 0.423. The third kappa shape index (κ3) is 14.8.